The molecule has 0 spiro atoms. The SMILES string of the molecule is Cn1cc(-c2cc3cc(NC(=O)C4C[C@@H]4F)ncc3c(N)n2)cn1.Cn1cc(-c2cc3cc(NC(=O)C4C[C@H]4F)ncc3c(N)n2)cn1. The Morgan fingerprint density at radius 1 is 0.708 bits per heavy atom. The average Bonchev–Trinajstić information content (AvgIpc) is 3.85. The van der Waals surface area contributed by atoms with Gasteiger partial charge >= 0.3 is 0 Å². The minimum Gasteiger partial charge on any atom is -0.383 e. The van der Waals surface area contributed by atoms with E-state index in [0.29, 0.717) is 45.4 Å². The van der Waals surface area contributed by atoms with Gasteiger partial charge in [-0.05, 0) is 47.9 Å². The molecule has 6 aromatic heterocycles. The van der Waals surface area contributed by atoms with Crippen LogP contribution in [-0.4, -0.2) is 63.7 Å². The van der Waals surface area contributed by atoms with Gasteiger partial charge in [0.2, 0.25) is 11.8 Å². The Morgan fingerprint density at radius 3 is 1.44 bits per heavy atom. The number of nitrogen functional groups attached to an aromatic ring is 2. The van der Waals surface area contributed by atoms with Crippen LogP contribution in [0.3, 0.4) is 0 Å². The first-order valence-corrected chi connectivity index (χ1v) is 15.0. The lowest BCUT2D eigenvalue weighted by molar-refractivity contribution is -0.118. The predicted molar refractivity (Wildman–Crippen MR) is 176 cm³/mol. The van der Waals surface area contributed by atoms with Crippen molar-refractivity contribution in [2.45, 2.75) is 25.2 Å². The van der Waals surface area contributed by atoms with E-state index in [4.69, 9.17) is 11.5 Å². The summed E-state index contributed by atoms with van der Waals surface area (Å²) in [4.78, 5) is 40.7. The van der Waals surface area contributed by atoms with Crippen molar-refractivity contribution in [1.82, 2.24) is 39.5 Å². The molecular formula is C32H30F2N12O2. The molecule has 6 aromatic rings. The zero-order valence-electron chi connectivity index (χ0n) is 25.8. The fourth-order valence-electron chi connectivity index (χ4n) is 5.20. The molecule has 8 rings (SSSR count). The predicted octanol–water partition coefficient (Wildman–Crippen LogP) is 3.82. The minimum atomic E-state index is -1.04. The molecule has 244 valence electrons. The van der Waals surface area contributed by atoms with Gasteiger partial charge in [0.15, 0.2) is 0 Å². The van der Waals surface area contributed by atoms with Gasteiger partial charge in [-0.2, -0.15) is 10.2 Å². The lowest BCUT2D eigenvalue weighted by Crippen LogP contribution is -2.15. The van der Waals surface area contributed by atoms with E-state index in [1.807, 2.05) is 38.6 Å². The normalized spacial score (nSPS) is 19.4. The highest BCUT2D eigenvalue weighted by Crippen LogP contribution is 2.36. The molecule has 16 heteroatoms. The summed E-state index contributed by atoms with van der Waals surface area (Å²) in [5.74, 6) is -0.367. The van der Waals surface area contributed by atoms with Crippen molar-refractivity contribution in [2.75, 3.05) is 22.1 Å². The maximum Gasteiger partial charge on any atom is 0.231 e. The van der Waals surface area contributed by atoms with Crippen molar-refractivity contribution < 1.29 is 18.4 Å². The zero-order valence-corrected chi connectivity index (χ0v) is 25.8. The Morgan fingerprint density at radius 2 is 1.10 bits per heavy atom. The van der Waals surface area contributed by atoms with Crippen molar-refractivity contribution in [1.29, 1.82) is 0 Å². The molecule has 4 atom stereocenters. The van der Waals surface area contributed by atoms with Gasteiger partial charge in [0.05, 0.1) is 35.6 Å². The Kier molecular flexibility index (Phi) is 7.61. The molecule has 0 radical (unpaired) electrons. The van der Waals surface area contributed by atoms with Crippen molar-refractivity contribution in [2.24, 2.45) is 25.9 Å². The smallest absolute Gasteiger partial charge is 0.231 e. The van der Waals surface area contributed by atoms with Crippen LogP contribution in [0.5, 0.6) is 0 Å². The van der Waals surface area contributed by atoms with Crippen LogP contribution in [0, 0.1) is 11.8 Å². The van der Waals surface area contributed by atoms with Gasteiger partial charge in [0.25, 0.3) is 0 Å². The number of carbonyl (C=O) groups is 2. The standard InChI is InChI=1S/2C16H15FN6O/c2*1-23-7-9(5-20-23)13-2-8-3-14(19-6-11(8)15(18)21-13)22-16(24)10-4-12(10)17/h2*2-3,5-7,10,12H,4H2,1H3,(H2,18,21)(H,19,22,24)/t2*10?,12-/m10/s1. The van der Waals surface area contributed by atoms with Crippen molar-refractivity contribution in [3.8, 4) is 22.5 Å². The second-order valence-corrected chi connectivity index (χ2v) is 11.9. The van der Waals surface area contributed by atoms with E-state index in [9.17, 15) is 18.4 Å². The molecule has 2 fully saturated rings. The Bertz CT molecular complexity index is 2060. The second kappa shape index (κ2) is 11.9. The third kappa shape index (κ3) is 6.31. The number of anilines is 4. The Balaban J connectivity index is 0.000000152. The van der Waals surface area contributed by atoms with E-state index in [2.05, 4.69) is 40.8 Å². The first kappa shape index (κ1) is 30.6. The van der Waals surface area contributed by atoms with Crippen LogP contribution in [0.1, 0.15) is 12.8 Å². The fraction of sp³-hybridized carbons (Fsp3) is 0.250. The molecule has 6 N–H and O–H groups in total. The lowest BCUT2D eigenvalue weighted by atomic mass is 10.1. The largest absolute Gasteiger partial charge is 0.383 e. The van der Waals surface area contributed by atoms with E-state index in [-0.39, 0.29) is 24.7 Å². The summed E-state index contributed by atoms with van der Waals surface area (Å²) in [7, 11) is 3.64. The van der Waals surface area contributed by atoms with Gasteiger partial charge < -0.3 is 22.1 Å². The highest BCUT2D eigenvalue weighted by atomic mass is 19.1. The highest BCUT2D eigenvalue weighted by Gasteiger charge is 2.44. The van der Waals surface area contributed by atoms with Crippen molar-refractivity contribution in [3.05, 3.63) is 61.4 Å². The molecule has 0 bridgehead atoms. The molecule has 14 nitrogen and oxygen atoms in total. The van der Waals surface area contributed by atoms with E-state index >= 15 is 0 Å². The Labute approximate surface area is 271 Å². The van der Waals surface area contributed by atoms with E-state index in [1.165, 1.54) is 0 Å². The summed E-state index contributed by atoms with van der Waals surface area (Å²) in [6, 6.07) is 7.13. The average molecular weight is 653 g/mol. The summed E-state index contributed by atoms with van der Waals surface area (Å²) < 4.78 is 29.3. The second-order valence-electron chi connectivity index (χ2n) is 11.9. The first-order chi connectivity index (χ1) is 23.0. The summed E-state index contributed by atoms with van der Waals surface area (Å²) >= 11 is 0. The molecular weight excluding hydrogens is 622 g/mol. The van der Waals surface area contributed by atoms with Gasteiger partial charge in [0.1, 0.15) is 35.6 Å². The number of rotatable bonds is 6. The number of hydrogen-bond donors (Lipinski definition) is 4. The number of hydrogen-bond acceptors (Lipinski definition) is 10. The molecule has 2 aliphatic rings. The van der Waals surface area contributed by atoms with Crippen molar-refractivity contribution >= 4 is 56.6 Å². The number of amides is 2. The van der Waals surface area contributed by atoms with Crippen molar-refractivity contribution in [3.63, 3.8) is 0 Å². The first-order valence-electron chi connectivity index (χ1n) is 15.0. The third-order valence-electron chi connectivity index (χ3n) is 8.09. The number of nitrogens with two attached hydrogens (primary N) is 2. The number of fused-ring (bicyclic) bond motifs is 2. The molecule has 0 aliphatic heterocycles. The monoisotopic (exact) mass is 652 g/mol. The number of alkyl halides is 2. The summed E-state index contributed by atoms with van der Waals surface area (Å²) in [6.07, 6.45) is 8.67. The van der Waals surface area contributed by atoms with Crippen LogP contribution in [0.2, 0.25) is 0 Å². The maximum absolute atomic E-state index is 13.0. The molecule has 2 amide bonds. The Hall–Kier alpha value is -6.06. The topological polar surface area (TPSA) is 197 Å². The molecule has 6 heterocycles. The number of pyridine rings is 4. The number of carbonyl (C=O) groups excluding carboxylic acids is 2. The highest BCUT2D eigenvalue weighted by molar-refractivity contribution is 5.99. The van der Waals surface area contributed by atoms with Gasteiger partial charge in [-0.3, -0.25) is 19.0 Å². The van der Waals surface area contributed by atoms with Gasteiger partial charge in [-0.15, -0.1) is 0 Å². The van der Waals surface area contributed by atoms with Crippen LogP contribution in [-0.2, 0) is 23.7 Å². The molecule has 2 aliphatic carbocycles. The van der Waals surface area contributed by atoms with E-state index < -0.39 is 24.2 Å². The number of nitrogens with one attached hydrogen (secondary N) is 2. The van der Waals surface area contributed by atoms with Crippen LogP contribution in [0.4, 0.5) is 32.1 Å². The van der Waals surface area contributed by atoms with Gasteiger partial charge in [-0.25, -0.2) is 28.7 Å². The molecule has 48 heavy (non-hydrogen) atoms. The number of aryl methyl sites for hydroxylation is 2. The summed E-state index contributed by atoms with van der Waals surface area (Å²) in [5.41, 5.74) is 15.1. The molecule has 2 saturated carbocycles. The lowest BCUT2D eigenvalue weighted by Gasteiger charge is -2.08. The number of halogens is 2. The molecule has 0 saturated heterocycles. The fourth-order valence-corrected chi connectivity index (χ4v) is 5.20. The van der Waals surface area contributed by atoms with Gasteiger partial charge in [0, 0.05) is 60.8 Å². The minimum absolute atomic E-state index is 0.279. The summed E-state index contributed by atoms with van der Waals surface area (Å²) in [5, 5.41) is 16.5. The number of aromatic nitrogens is 8. The van der Waals surface area contributed by atoms with Crippen LogP contribution in [0.15, 0.2) is 61.4 Å². The van der Waals surface area contributed by atoms with Gasteiger partial charge in [-0.1, -0.05) is 0 Å². The molecule has 2 unspecified atom stereocenters. The number of nitrogens with zero attached hydrogens (tertiary/aromatic N) is 8. The maximum atomic E-state index is 13.0. The quantitative estimate of drug-likeness (QED) is 0.205. The third-order valence-corrected chi connectivity index (χ3v) is 8.09. The van der Waals surface area contributed by atoms with E-state index in [1.54, 1.807) is 46.3 Å². The zero-order chi connectivity index (χ0) is 33.7. The van der Waals surface area contributed by atoms with E-state index in [0.717, 1.165) is 21.9 Å². The molecule has 0 aromatic carbocycles. The summed E-state index contributed by atoms with van der Waals surface area (Å²) in [6.45, 7) is 0. The van der Waals surface area contributed by atoms with Crippen LogP contribution >= 0.6 is 0 Å². The van der Waals surface area contributed by atoms with Crippen LogP contribution in [0.25, 0.3) is 44.1 Å². The van der Waals surface area contributed by atoms with Crippen LogP contribution < -0.4 is 22.1 Å².